The van der Waals surface area contributed by atoms with Crippen molar-refractivity contribution in [2.24, 2.45) is 0 Å². The third-order valence-electron chi connectivity index (χ3n) is 7.64. The number of benzene rings is 1. The molecule has 0 saturated heterocycles. The maximum Gasteiger partial charge on any atom is 0.280 e. The van der Waals surface area contributed by atoms with Crippen LogP contribution >= 0.6 is 0 Å². The zero-order chi connectivity index (χ0) is 27.4. The molecule has 1 amide bonds. The van der Waals surface area contributed by atoms with Gasteiger partial charge in [0, 0.05) is 29.7 Å². The topological polar surface area (TPSA) is 112 Å². The fourth-order valence-electron chi connectivity index (χ4n) is 5.41. The van der Waals surface area contributed by atoms with Crippen molar-refractivity contribution in [3.05, 3.63) is 95.1 Å². The molecular weight excluding hydrogens is 512 g/mol. The molecule has 0 aliphatic heterocycles. The molecule has 4 heterocycles. The molecule has 5 aromatic rings. The van der Waals surface area contributed by atoms with Gasteiger partial charge in [-0.1, -0.05) is 6.07 Å². The van der Waals surface area contributed by atoms with E-state index in [1.165, 1.54) is 18.3 Å². The van der Waals surface area contributed by atoms with Gasteiger partial charge in [-0.3, -0.25) is 14.3 Å². The van der Waals surface area contributed by atoms with E-state index in [2.05, 4.69) is 27.4 Å². The molecule has 1 fully saturated rings. The molecule has 7 rings (SSSR count). The van der Waals surface area contributed by atoms with Gasteiger partial charge in [-0.15, -0.1) is 0 Å². The number of nitrogens with zero attached hydrogens (tertiary/aromatic N) is 5. The second-order valence-electron chi connectivity index (χ2n) is 10.3. The first-order valence-electron chi connectivity index (χ1n) is 13.2. The lowest BCUT2D eigenvalue weighted by atomic mass is 10.1. The first-order valence-corrected chi connectivity index (χ1v) is 13.2. The second kappa shape index (κ2) is 9.48. The molecule has 0 unspecified atom stereocenters. The Morgan fingerprint density at radius 2 is 1.90 bits per heavy atom. The van der Waals surface area contributed by atoms with Crippen molar-refractivity contribution in [1.29, 1.82) is 0 Å². The number of halogens is 2. The van der Waals surface area contributed by atoms with Crippen LogP contribution in [0.4, 0.5) is 14.6 Å². The van der Waals surface area contributed by atoms with E-state index in [1.807, 2.05) is 34.9 Å². The summed E-state index contributed by atoms with van der Waals surface area (Å²) in [5, 5.41) is 3.03. The lowest BCUT2D eigenvalue weighted by Gasteiger charge is -2.16. The van der Waals surface area contributed by atoms with E-state index in [4.69, 9.17) is 15.7 Å². The molecule has 0 bridgehead atoms. The minimum atomic E-state index is -2.67. The maximum absolute atomic E-state index is 12.8. The third-order valence-corrected chi connectivity index (χ3v) is 7.64. The monoisotopic (exact) mass is 537 g/mol. The number of nitrogen functional groups attached to an aromatic ring is 1. The van der Waals surface area contributed by atoms with Gasteiger partial charge >= 0.3 is 0 Å². The summed E-state index contributed by atoms with van der Waals surface area (Å²) in [5.41, 5.74) is 12.5. The SMILES string of the molecule is Nc1ncccc1-c1nc2ccc(C3CC3)nc2n1-c1ccc2c(c1)CC[C@@H]2NC(=O)c1ccc(C(F)F)nc1. The van der Waals surface area contributed by atoms with Crippen molar-refractivity contribution in [1.82, 2.24) is 29.8 Å². The summed E-state index contributed by atoms with van der Waals surface area (Å²) in [6, 6.07) is 16.3. The Bertz CT molecular complexity index is 1760. The van der Waals surface area contributed by atoms with E-state index in [0.29, 0.717) is 17.6 Å². The van der Waals surface area contributed by atoms with Gasteiger partial charge in [0.25, 0.3) is 12.3 Å². The van der Waals surface area contributed by atoms with Crippen molar-refractivity contribution in [2.45, 2.75) is 44.1 Å². The Morgan fingerprint density at radius 3 is 2.65 bits per heavy atom. The van der Waals surface area contributed by atoms with Crippen molar-refractivity contribution in [3.63, 3.8) is 0 Å². The molecule has 200 valence electrons. The molecule has 2 aliphatic carbocycles. The smallest absolute Gasteiger partial charge is 0.280 e. The number of nitrogens with one attached hydrogen (secondary N) is 1. The van der Waals surface area contributed by atoms with Gasteiger partial charge < -0.3 is 11.1 Å². The fourth-order valence-corrected chi connectivity index (χ4v) is 5.41. The van der Waals surface area contributed by atoms with E-state index in [-0.39, 0.29) is 23.2 Å². The van der Waals surface area contributed by atoms with Gasteiger partial charge in [0.15, 0.2) is 11.5 Å². The standard InChI is InChI=1S/C30H25F2N7O/c31-26(32)24-10-6-18(15-35-24)30(40)38-23-9-5-17-14-19(7-8-20(17)23)39-28(21-2-1-13-34-27(21)33)37-25-12-11-22(16-3-4-16)36-29(25)39/h1-2,6-8,10-16,23,26H,3-5,9H2,(H2,33,34)(H,38,40)/t23-/m0/s1. The number of rotatable bonds is 6. The number of carbonyl (C=O) groups is 1. The fraction of sp³-hybridized carbons (Fsp3) is 0.233. The number of hydrogen-bond acceptors (Lipinski definition) is 6. The number of pyridine rings is 3. The molecular formula is C30H25F2N7O. The molecule has 2 aliphatic rings. The Labute approximate surface area is 228 Å². The summed E-state index contributed by atoms with van der Waals surface area (Å²) < 4.78 is 27.7. The van der Waals surface area contributed by atoms with Crippen LogP contribution < -0.4 is 11.1 Å². The average molecular weight is 538 g/mol. The number of aryl methyl sites for hydroxylation is 1. The van der Waals surface area contributed by atoms with Crippen LogP contribution in [0.25, 0.3) is 28.2 Å². The molecule has 3 N–H and O–H groups in total. The highest BCUT2D eigenvalue weighted by molar-refractivity contribution is 5.94. The second-order valence-corrected chi connectivity index (χ2v) is 10.3. The number of aromatic nitrogens is 5. The van der Waals surface area contributed by atoms with E-state index in [9.17, 15) is 13.6 Å². The van der Waals surface area contributed by atoms with E-state index in [1.54, 1.807) is 6.20 Å². The number of carbonyl (C=O) groups excluding carboxylic acids is 1. The molecule has 1 atom stereocenters. The number of hydrogen-bond donors (Lipinski definition) is 2. The van der Waals surface area contributed by atoms with Gasteiger partial charge in [-0.25, -0.2) is 23.7 Å². The molecule has 40 heavy (non-hydrogen) atoms. The minimum absolute atomic E-state index is 0.195. The van der Waals surface area contributed by atoms with E-state index >= 15 is 0 Å². The van der Waals surface area contributed by atoms with Gasteiger partial charge in [-0.05, 0) is 85.3 Å². The Morgan fingerprint density at radius 1 is 1.02 bits per heavy atom. The maximum atomic E-state index is 12.8. The van der Waals surface area contributed by atoms with Crippen LogP contribution in [-0.2, 0) is 6.42 Å². The average Bonchev–Trinajstić information content (AvgIpc) is 3.65. The highest BCUT2D eigenvalue weighted by Gasteiger charge is 2.28. The highest BCUT2D eigenvalue weighted by Crippen LogP contribution is 2.41. The van der Waals surface area contributed by atoms with Crippen molar-refractivity contribution >= 4 is 22.9 Å². The first-order chi connectivity index (χ1) is 19.5. The zero-order valence-electron chi connectivity index (χ0n) is 21.4. The van der Waals surface area contributed by atoms with Crippen LogP contribution in [0.5, 0.6) is 0 Å². The van der Waals surface area contributed by atoms with Crippen molar-refractivity contribution in [3.8, 4) is 17.1 Å². The third kappa shape index (κ3) is 4.25. The van der Waals surface area contributed by atoms with Crippen LogP contribution in [0.2, 0.25) is 0 Å². The minimum Gasteiger partial charge on any atom is -0.383 e. The van der Waals surface area contributed by atoms with Crippen molar-refractivity contribution < 1.29 is 13.6 Å². The number of fused-ring (bicyclic) bond motifs is 2. The largest absolute Gasteiger partial charge is 0.383 e. The van der Waals surface area contributed by atoms with Gasteiger partial charge in [-0.2, -0.15) is 0 Å². The lowest BCUT2D eigenvalue weighted by molar-refractivity contribution is 0.0935. The van der Waals surface area contributed by atoms with Crippen LogP contribution in [-0.4, -0.2) is 30.4 Å². The Hall–Kier alpha value is -4.73. The highest BCUT2D eigenvalue weighted by atomic mass is 19.3. The van der Waals surface area contributed by atoms with Crippen LogP contribution in [0, 0.1) is 0 Å². The molecule has 10 heteroatoms. The number of amides is 1. The van der Waals surface area contributed by atoms with E-state index < -0.39 is 6.43 Å². The Balaban J connectivity index is 1.24. The summed E-state index contributed by atoms with van der Waals surface area (Å²) in [6.45, 7) is 0. The summed E-state index contributed by atoms with van der Waals surface area (Å²) in [7, 11) is 0. The van der Waals surface area contributed by atoms with Gasteiger partial charge in [0.2, 0.25) is 0 Å². The molecule has 0 radical (unpaired) electrons. The van der Waals surface area contributed by atoms with Crippen LogP contribution in [0.15, 0.2) is 67.0 Å². The number of alkyl halides is 2. The Kier molecular flexibility index (Phi) is 5.76. The molecule has 0 spiro atoms. The normalized spacial score (nSPS) is 16.4. The molecule has 4 aromatic heterocycles. The zero-order valence-corrected chi connectivity index (χ0v) is 21.4. The number of imidazole rings is 1. The molecule has 1 aromatic carbocycles. The van der Waals surface area contributed by atoms with Gasteiger partial charge in [0.1, 0.15) is 17.0 Å². The predicted octanol–water partition coefficient (Wildman–Crippen LogP) is 5.69. The van der Waals surface area contributed by atoms with Crippen molar-refractivity contribution in [2.75, 3.05) is 5.73 Å². The van der Waals surface area contributed by atoms with E-state index in [0.717, 1.165) is 64.9 Å². The lowest BCUT2D eigenvalue weighted by Crippen LogP contribution is -2.27. The van der Waals surface area contributed by atoms with Gasteiger partial charge in [0.05, 0.1) is 17.2 Å². The summed E-state index contributed by atoms with van der Waals surface area (Å²) in [5.74, 6) is 1.21. The molecule has 1 saturated carbocycles. The summed E-state index contributed by atoms with van der Waals surface area (Å²) in [4.78, 5) is 30.7. The summed E-state index contributed by atoms with van der Waals surface area (Å²) in [6.07, 6.45) is 3.96. The quantitative estimate of drug-likeness (QED) is 0.288. The first kappa shape index (κ1) is 24.3. The van der Waals surface area contributed by atoms with Crippen LogP contribution in [0.1, 0.15) is 70.5 Å². The van der Waals surface area contributed by atoms with Crippen LogP contribution in [0.3, 0.4) is 0 Å². The number of nitrogens with two attached hydrogens (primary N) is 1. The molecule has 8 nitrogen and oxygen atoms in total. The number of anilines is 1. The summed E-state index contributed by atoms with van der Waals surface area (Å²) >= 11 is 0. The predicted molar refractivity (Wildman–Crippen MR) is 146 cm³/mol.